The van der Waals surface area contributed by atoms with Gasteiger partial charge in [0.05, 0.1) is 11.3 Å². The summed E-state index contributed by atoms with van der Waals surface area (Å²) in [6.07, 6.45) is 0.718. The molecule has 0 atom stereocenters. The van der Waals surface area contributed by atoms with Gasteiger partial charge in [0, 0.05) is 6.42 Å². The number of aryl methyl sites for hydroxylation is 2. The van der Waals surface area contributed by atoms with Crippen LogP contribution in [-0.2, 0) is 6.42 Å². The van der Waals surface area contributed by atoms with E-state index in [1.807, 2.05) is 6.92 Å². The molecule has 3 heteroatoms. The van der Waals surface area contributed by atoms with Gasteiger partial charge in [-0.15, -0.1) is 0 Å². The maximum absolute atomic E-state index is 11.0. The largest absolute Gasteiger partial charge is 0.360 e. The minimum atomic E-state index is 0.0283. The van der Waals surface area contributed by atoms with Crippen LogP contribution in [0.15, 0.2) is 4.52 Å². The Morgan fingerprint density at radius 3 is 2.64 bits per heavy atom. The van der Waals surface area contributed by atoms with Crippen LogP contribution < -0.4 is 0 Å². The van der Waals surface area contributed by atoms with Gasteiger partial charge < -0.3 is 4.52 Å². The number of ketones is 1. The molecule has 0 bridgehead atoms. The maximum atomic E-state index is 11.0. The third kappa shape index (κ3) is 1.31. The highest BCUT2D eigenvalue weighted by atomic mass is 16.5. The summed E-state index contributed by atoms with van der Waals surface area (Å²) in [6, 6.07) is 0. The second kappa shape index (κ2) is 2.86. The van der Waals surface area contributed by atoms with E-state index in [4.69, 9.17) is 4.52 Å². The summed E-state index contributed by atoms with van der Waals surface area (Å²) in [4.78, 5) is 11.0. The highest BCUT2D eigenvalue weighted by Gasteiger charge is 2.14. The van der Waals surface area contributed by atoms with Gasteiger partial charge in [0.25, 0.3) is 0 Å². The molecule has 60 valence electrons. The SMILES string of the molecule is CCc1onc(C)c1C(C)=O. The summed E-state index contributed by atoms with van der Waals surface area (Å²) in [5, 5.41) is 3.71. The summed E-state index contributed by atoms with van der Waals surface area (Å²) in [6.45, 7) is 5.24. The Bertz CT molecular complexity index is 276. The fourth-order valence-electron chi connectivity index (χ4n) is 1.11. The first-order chi connectivity index (χ1) is 5.16. The van der Waals surface area contributed by atoms with Crippen LogP contribution in [-0.4, -0.2) is 10.9 Å². The number of rotatable bonds is 2. The van der Waals surface area contributed by atoms with Crippen LogP contribution in [0.5, 0.6) is 0 Å². The van der Waals surface area contributed by atoms with Gasteiger partial charge >= 0.3 is 0 Å². The lowest BCUT2D eigenvalue weighted by atomic mass is 10.1. The normalized spacial score (nSPS) is 10.1. The first-order valence-corrected chi connectivity index (χ1v) is 3.63. The molecule has 11 heavy (non-hydrogen) atoms. The van der Waals surface area contributed by atoms with Crippen LogP contribution in [0.2, 0.25) is 0 Å². The summed E-state index contributed by atoms with van der Waals surface area (Å²) < 4.78 is 4.94. The monoisotopic (exact) mass is 153 g/mol. The van der Waals surface area contributed by atoms with Gasteiger partial charge in [0.15, 0.2) is 5.78 Å². The van der Waals surface area contributed by atoms with Crippen molar-refractivity contribution in [1.29, 1.82) is 0 Å². The number of carbonyl (C=O) groups is 1. The van der Waals surface area contributed by atoms with Crippen molar-refractivity contribution < 1.29 is 9.32 Å². The highest BCUT2D eigenvalue weighted by Crippen LogP contribution is 2.13. The number of hydrogen-bond acceptors (Lipinski definition) is 3. The lowest BCUT2D eigenvalue weighted by Gasteiger charge is -1.91. The molecule has 0 unspecified atom stereocenters. The minimum absolute atomic E-state index is 0.0283. The lowest BCUT2D eigenvalue weighted by Crippen LogP contribution is -1.96. The molecule has 0 radical (unpaired) electrons. The van der Waals surface area contributed by atoms with E-state index in [2.05, 4.69) is 5.16 Å². The quantitative estimate of drug-likeness (QED) is 0.608. The molecule has 0 saturated carbocycles. The maximum Gasteiger partial charge on any atom is 0.165 e. The van der Waals surface area contributed by atoms with E-state index in [1.165, 1.54) is 6.92 Å². The third-order valence-corrected chi connectivity index (χ3v) is 1.61. The van der Waals surface area contributed by atoms with Gasteiger partial charge in [-0.1, -0.05) is 12.1 Å². The average Bonchev–Trinajstić information content (AvgIpc) is 2.30. The molecule has 0 N–H and O–H groups in total. The molecule has 0 amide bonds. The van der Waals surface area contributed by atoms with Crippen molar-refractivity contribution in [2.24, 2.45) is 0 Å². The molecule has 1 aromatic rings. The van der Waals surface area contributed by atoms with Gasteiger partial charge in [-0.25, -0.2) is 0 Å². The molecule has 0 aliphatic carbocycles. The second-order valence-electron chi connectivity index (χ2n) is 2.48. The molecule has 3 nitrogen and oxygen atoms in total. The van der Waals surface area contributed by atoms with E-state index in [0.717, 1.165) is 6.42 Å². The molecule has 0 aliphatic heterocycles. The lowest BCUT2D eigenvalue weighted by molar-refractivity contribution is 0.101. The minimum Gasteiger partial charge on any atom is -0.360 e. The molecule has 0 aliphatic rings. The zero-order valence-electron chi connectivity index (χ0n) is 6.97. The molecular formula is C8H11NO2. The average molecular weight is 153 g/mol. The standard InChI is InChI=1S/C8H11NO2/c1-4-7-8(6(3)10)5(2)9-11-7/h4H2,1-3H3. The Morgan fingerprint density at radius 2 is 2.27 bits per heavy atom. The number of hydrogen-bond donors (Lipinski definition) is 0. The first-order valence-electron chi connectivity index (χ1n) is 3.63. The van der Waals surface area contributed by atoms with Crippen LogP contribution in [0.1, 0.15) is 35.7 Å². The van der Waals surface area contributed by atoms with E-state index in [1.54, 1.807) is 6.92 Å². The predicted molar refractivity (Wildman–Crippen MR) is 40.6 cm³/mol. The fourth-order valence-corrected chi connectivity index (χ4v) is 1.11. The molecule has 0 fully saturated rings. The van der Waals surface area contributed by atoms with E-state index in [9.17, 15) is 4.79 Å². The summed E-state index contributed by atoms with van der Waals surface area (Å²) in [5.74, 6) is 0.718. The highest BCUT2D eigenvalue weighted by molar-refractivity contribution is 5.95. The van der Waals surface area contributed by atoms with E-state index in [-0.39, 0.29) is 5.78 Å². The summed E-state index contributed by atoms with van der Waals surface area (Å²) >= 11 is 0. The van der Waals surface area contributed by atoms with E-state index >= 15 is 0 Å². The summed E-state index contributed by atoms with van der Waals surface area (Å²) in [7, 11) is 0. The predicted octanol–water partition coefficient (Wildman–Crippen LogP) is 1.75. The van der Waals surface area contributed by atoms with Crippen molar-refractivity contribution in [1.82, 2.24) is 5.16 Å². The van der Waals surface area contributed by atoms with E-state index < -0.39 is 0 Å². The first kappa shape index (κ1) is 7.98. The molecule has 1 heterocycles. The van der Waals surface area contributed by atoms with Gasteiger partial charge in [-0.05, 0) is 13.8 Å². The topological polar surface area (TPSA) is 43.1 Å². The zero-order valence-corrected chi connectivity index (χ0v) is 6.97. The van der Waals surface area contributed by atoms with Gasteiger partial charge in [-0.2, -0.15) is 0 Å². The molecule has 1 aromatic heterocycles. The van der Waals surface area contributed by atoms with Crippen LogP contribution >= 0.6 is 0 Å². The van der Waals surface area contributed by atoms with Gasteiger partial charge in [-0.3, -0.25) is 4.79 Å². The van der Waals surface area contributed by atoms with Crippen LogP contribution in [0.4, 0.5) is 0 Å². The van der Waals surface area contributed by atoms with Crippen molar-refractivity contribution in [3.8, 4) is 0 Å². The molecular weight excluding hydrogens is 142 g/mol. The van der Waals surface area contributed by atoms with Crippen LogP contribution in [0.3, 0.4) is 0 Å². The van der Waals surface area contributed by atoms with Crippen molar-refractivity contribution >= 4 is 5.78 Å². The Kier molecular flexibility index (Phi) is 2.08. The second-order valence-corrected chi connectivity index (χ2v) is 2.48. The Morgan fingerprint density at radius 1 is 1.64 bits per heavy atom. The Hall–Kier alpha value is -1.12. The Balaban J connectivity index is 3.17. The number of Topliss-reactive ketones (excluding diaryl/α,β-unsaturated/α-hetero) is 1. The fraction of sp³-hybridized carbons (Fsp3) is 0.500. The van der Waals surface area contributed by atoms with E-state index in [0.29, 0.717) is 17.0 Å². The number of nitrogens with zero attached hydrogens (tertiary/aromatic N) is 1. The summed E-state index contributed by atoms with van der Waals surface area (Å²) in [5.41, 5.74) is 1.34. The number of carbonyl (C=O) groups excluding carboxylic acids is 1. The number of aromatic nitrogens is 1. The molecule has 0 aromatic carbocycles. The van der Waals surface area contributed by atoms with Gasteiger partial charge in [0.1, 0.15) is 5.76 Å². The Labute approximate surface area is 65.4 Å². The van der Waals surface area contributed by atoms with Crippen LogP contribution in [0, 0.1) is 6.92 Å². The van der Waals surface area contributed by atoms with Crippen molar-refractivity contribution in [2.75, 3.05) is 0 Å². The molecule has 0 saturated heterocycles. The zero-order chi connectivity index (χ0) is 8.43. The van der Waals surface area contributed by atoms with Gasteiger partial charge in [0.2, 0.25) is 0 Å². The van der Waals surface area contributed by atoms with Crippen LogP contribution in [0.25, 0.3) is 0 Å². The van der Waals surface area contributed by atoms with Crippen molar-refractivity contribution in [2.45, 2.75) is 27.2 Å². The molecule has 0 spiro atoms. The third-order valence-electron chi connectivity index (χ3n) is 1.61. The van der Waals surface area contributed by atoms with Crippen molar-refractivity contribution in [3.05, 3.63) is 17.0 Å². The smallest absolute Gasteiger partial charge is 0.165 e. The van der Waals surface area contributed by atoms with Crippen molar-refractivity contribution in [3.63, 3.8) is 0 Å². The molecule has 1 rings (SSSR count).